The lowest BCUT2D eigenvalue weighted by molar-refractivity contribution is -0.130. The summed E-state index contributed by atoms with van der Waals surface area (Å²) in [7, 11) is 0. The van der Waals surface area contributed by atoms with Gasteiger partial charge in [-0.3, -0.25) is 4.79 Å². The van der Waals surface area contributed by atoms with Gasteiger partial charge in [-0.1, -0.05) is 19.1 Å². The average Bonchev–Trinajstić information content (AvgIpc) is 3.10. The maximum atomic E-state index is 13.7. The van der Waals surface area contributed by atoms with Crippen LogP contribution in [0.2, 0.25) is 0 Å². The van der Waals surface area contributed by atoms with Gasteiger partial charge < -0.3 is 15.1 Å². The van der Waals surface area contributed by atoms with E-state index in [1.807, 2.05) is 22.8 Å². The molecule has 2 aliphatic rings. The molecule has 6 heteroatoms. The van der Waals surface area contributed by atoms with Crippen molar-refractivity contribution in [3.05, 3.63) is 35.6 Å². The molecule has 1 aromatic rings. The summed E-state index contributed by atoms with van der Waals surface area (Å²) < 4.78 is 13.7. The molecule has 2 aliphatic heterocycles. The van der Waals surface area contributed by atoms with Crippen molar-refractivity contribution in [1.29, 1.82) is 0 Å². The zero-order valence-corrected chi connectivity index (χ0v) is 14.2. The van der Waals surface area contributed by atoms with Gasteiger partial charge in [-0.05, 0) is 24.1 Å². The number of fused-ring (bicyclic) bond motifs is 1. The molecule has 0 spiro atoms. The molecule has 0 radical (unpaired) electrons. The highest BCUT2D eigenvalue weighted by molar-refractivity contribution is 5.76. The zero-order valence-electron chi connectivity index (χ0n) is 14.2. The number of amides is 3. The molecule has 0 aromatic heterocycles. The molecular weight excluding hydrogens is 309 g/mol. The fraction of sp³-hybridized carbons (Fsp3) is 0.556. The molecule has 1 N–H and O–H groups in total. The predicted octanol–water partition coefficient (Wildman–Crippen LogP) is 2.40. The van der Waals surface area contributed by atoms with Crippen LogP contribution < -0.4 is 5.32 Å². The number of halogens is 1. The lowest BCUT2D eigenvalue weighted by atomic mass is 9.89. The van der Waals surface area contributed by atoms with E-state index in [9.17, 15) is 14.0 Å². The molecule has 0 unspecified atom stereocenters. The Morgan fingerprint density at radius 1 is 1.29 bits per heavy atom. The molecule has 5 nitrogen and oxygen atoms in total. The molecule has 1 aromatic carbocycles. The summed E-state index contributed by atoms with van der Waals surface area (Å²) in [4.78, 5) is 27.9. The first-order valence-electron chi connectivity index (χ1n) is 8.56. The van der Waals surface area contributed by atoms with Crippen LogP contribution in [0, 0.1) is 17.7 Å². The highest BCUT2D eigenvalue weighted by atomic mass is 19.1. The SMILES string of the molecule is CCCNC(=O)N1C[C@@H]2CN(C(C)=O)[C@@H](c3cccc(F)c3)[C@@H]2C1. The van der Waals surface area contributed by atoms with Crippen LogP contribution in [0.5, 0.6) is 0 Å². The van der Waals surface area contributed by atoms with Gasteiger partial charge in [0.15, 0.2) is 0 Å². The third-order valence-corrected chi connectivity index (χ3v) is 5.07. The van der Waals surface area contributed by atoms with Gasteiger partial charge in [-0.15, -0.1) is 0 Å². The van der Waals surface area contributed by atoms with Crippen molar-refractivity contribution in [2.45, 2.75) is 26.3 Å². The van der Waals surface area contributed by atoms with E-state index in [-0.39, 0.29) is 35.6 Å². The van der Waals surface area contributed by atoms with Gasteiger partial charge in [-0.2, -0.15) is 0 Å². The first kappa shape index (κ1) is 16.7. The van der Waals surface area contributed by atoms with Gasteiger partial charge >= 0.3 is 6.03 Å². The highest BCUT2D eigenvalue weighted by Crippen LogP contribution is 2.45. The number of rotatable bonds is 3. The van der Waals surface area contributed by atoms with Crippen LogP contribution in [0.4, 0.5) is 9.18 Å². The Balaban J connectivity index is 1.81. The number of hydrogen-bond donors (Lipinski definition) is 1. The normalized spacial score (nSPS) is 25.7. The Labute approximate surface area is 141 Å². The van der Waals surface area contributed by atoms with Crippen LogP contribution in [0.25, 0.3) is 0 Å². The summed E-state index contributed by atoms with van der Waals surface area (Å²) in [6.45, 7) is 6.11. The average molecular weight is 333 g/mol. The molecule has 0 saturated carbocycles. The van der Waals surface area contributed by atoms with Crippen LogP contribution >= 0.6 is 0 Å². The second-order valence-electron chi connectivity index (χ2n) is 6.73. The molecule has 0 aliphatic carbocycles. The van der Waals surface area contributed by atoms with Crippen LogP contribution in [-0.2, 0) is 4.79 Å². The van der Waals surface area contributed by atoms with Crippen LogP contribution in [0.1, 0.15) is 31.9 Å². The van der Waals surface area contributed by atoms with E-state index in [1.54, 1.807) is 13.0 Å². The summed E-state index contributed by atoms with van der Waals surface area (Å²) in [5.74, 6) is 0.105. The molecule has 2 heterocycles. The molecule has 3 rings (SSSR count). The van der Waals surface area contributed by atoms with E-state index in [4.69, 9.17) is 0 Å². The van der Waals surface area contributed by atoms with Gasteiger partial charge in [0, 0.05) is 44.9 Å². The smallest absolute Gasteiger partial charge is 0.317 e. The van der Waals surface area contributed by atoms with Gasteiger partial charge in [0.25, 0.3) is 0 Å². The number of carbonyl (C=O) groups is 2. The summed E-state index contributed by atoms with van der Waals surface area (Å²) in [5.41, 5.74) is 0.813. The highest BCUT2D eigenvalue weighted by Gasteiger charge is 2.49. The van der Waals surface area contributed by atoms with Crippen LogP contribution in [-0.4, -0.2) is 47.9 Å². The van der Waals surface area contributed by atoms with Gasteiger partial charge in [0.05, 0.1) is 6.04 Å². The lowest BCUT2D eigenvalue weighted by Gasteiger charge is -2.29. The summed E-state index contributed by atoms with van der Waals surface area (Å²) >= 11 is 0. The monoisotopic (exact) mass is 333 g/mol. The van der Waals surface area contributed by atoms with Gasteiger partial charge in [0.2, 0.25) is 5.91 Å². The van der Waals surface area contributed by atoms with E-state index in [0.717, 1.165) is 12.0 Å². The van der Waals surface area contributed by atoms with Gasteiger partial charge in [-0.25, -0.2) is 9.18 Å². The Kier molecular flexibility index (Phi) is 4.73. The number of benzene rings is 1. The number of urea groups is 1. The Morgan fingerprint density at radius 2 is 2.08 bits per heavy atom. The lowest BCUT2D eigenvalue weighted by Crippen LogP contribution is -2.41. The Hall–Kier alpha value is -2.11. The third kappa shape index (κ3) is 3.09. The van der Waals surface area contributed by atoms with E-state index in [2.05, 4.69) is 5.32 Å². The first-order valence-corrected chi connectivity index (χ1v) is 8.56. The Bertz CT molecular complexity index is 636. The molecule has 0 bridgehead atoms. The van der Waals surface area contributed by atoms with Crippen molar-refractivity contribution < 1.29 is 14.0 Å². The second kappa shape index (κ2) is 6.79. The maximum Gasteiger partial charge on any atom is 0.317 e. The molecule has 24 heavy (non-hydrogen) atoms. The van der Waals surface area contributed by atoms with Crippen molar-refractivity contribution in [2.24, 2.45) is 11.8 Å². The standard InChI is InChI=1S/C18H24FN3O2/c1-3-7-20-18(24)21-9-14-10-22(12(2)23)17(16(14)11-21)13-5-4-6-15(19)8-13/h4-6,8,14,16-17H,3,7,9-11H2,1-2H3,(H,20,24)/t14-,16-,17+/m1/s1. The molecule has 2 saturated heterocycles. The van der Waals surface area contributed by atoms with Crippen LogP contribution in [0.3, 0.4) is 0 Å². The summed E-state index contributed by atoms with van der Waals surface area (Å²) in [6, 6.07) is 6.25. The minimum absolute atomic E-state index is 0.000598. The second-order valence-corrected chi connectivity index (χ2v) is 6.73. The van der Waals surface area contributed by atoms with Crippen molar-refractivity contribution in [3.63, 3.8) is 0 Å². The molecule has 130 valence electrons. The minimum atomic E-state index is -0.296. The largest absolute Gasteiger partial charge is 0.338 e. The fourth-order valence-electron chi connectivity index (χ4n) is 4.00. The molecular formula is C18H24FN3O2. The Morgan fingerprint density at radius 3 is 2.75 bits per heavy atom. The number of carbonyl (C=O) groups excluding carboxylic acids is 2. The topological polar surface area (TPSA) is 52.7 Å². The fourth-order valence-corrected chi connectivity index (χ4v) is 4.00. The summed E-state index contributed by atoms with van der Waals surface area (Å²) in [5, 5.41) is 2.91. The maximum absolute atomic E-state index is 13.7. The van der Waals surface area contributed by atoms with E-state index in [0.29, 0.717) is 26.2 Å². The zero-order chi connectivity index (χ0) is 17.3. The minimum Gasteiger partial charge on any atom is -0.338 e. The van der Waals surface area contributed by atoms with E-state index in [1.165, 1.54) is 12.1 Å². The van der Waals surface area contributed by atoms with Crippen LogP contribution in [0.15, 0.2) is 24.3 Å². The number of nitrogens with one attached hydrogen (secondary N) is 1. The molecule has 3 atom stereocenters. The molecule has 2 fully saturated rings. The summed E-state index contributed by atoms with van der Waals surface area (Å²) in [6.07, 6.45) is 0.899. The van der Waals surface area contributed by atoms with Crippen molar-refractivity contribution in [2.75, 3.05) is 26.2 Å². The molecule has 3 amide bonds. The van der Waals surface area contributed by atoms with E-state index < -0.39 is 0 Å². The third-order valence-electron chi connectivity index (χ3n) is 5.07. The van der Waals surface area contributed by atoms with E-state index >= 15 is 0 Å². The first-order chi connectivity index (χ1) is 11.5. The number of nitrogens with zero attached hydrogens (tertiary/aromatic N) is 2. The van der Waals surface area contributed by atoms with Crippen molar-refractivity contribution >= 4 is 11.9 Å². The predicted molar refractivity (Wildman–Crippen MR) is 88.8 cm³/mol. The quantitative estimate of drug-likeness (QED) is 0.923. The van der Waals surface area contributed by atoms with Crippen molar-refractivity contribution in [3.8, 4) is 0 Å². The number of hydrogen-bond acceptors (Lipinski definition) is 2. The van der Waals surface area contributed by atoms with Gasteiger partial charge in [0.1, 0.15) is 5.82 Å². The number of likely N-dealkylation sites (tertiary alicyclic amines) is 2. The van der Waals surface area contributed by atoms with Crippen molar-refractivity contribution in [1.82, 2.24) is 15.1 Å².